The molecule has 0 aliphatic carbocycles. The third-order valence-electron chi connectivity index (χ3n) is 4.12. The number of benzene rings is 2. The molecule has 0 spiro atoms. The van der Waals surface area contributed by atoms with Gasteiger partial charge in [0.1, 0.15) is 5.75 Å². The number of carbonyl (C=O) groups is 1. The number of ketones is 1. The van der Waals surface area contributed by atoms with Gasteiger partial charge in [0.2, 0.25) is 0 Å². The lowest BCUT2D eigenvalue weighted by Gasteiger charge is -2.28. The maximum Gasteiger partial charge on any atom is 0.185 e. The average molecular weight is 337 g/mol. The second-order valence-corrected chi connectivity index (χ2v) is 5.85. The van der Waals surface area contributed by atoms with Crippen LogP contribution in [0.4, 0.5) is 5.69 Å². The molecule has 0 bridgehead atoms. The Hall–Kier alpha value is -2.59. The van der Waals surface area contributed by atoms with Gasteiger partial charge < -0.3 is 14.4 Å². The summed E-state index contributed by atoms with van der Waals surface area (Å²) < 4.78 is 10.8. The van der Waals surface area contributed by atoms with Crippen LogP contribution in [0.3, 0.4) is 0 Å². The number of carbonyl (C=O) groups excluding carboxylic acids is 1. The van der Waals surface area contributed by atoms with E-state index in [9.17, 15) is 4.79 Å². The normalized spacial score (nSPS) is 14.7. The molecule has 3 rings (SSSR count). The fraction of sp³-hybridized carbons (Fsp3) is 0.286. The molecule has 0 radical (unpaired) electrons. The van der Waals surface area contributed by atoms with Crippen molar-refractivity contribution in [2.24, 2.45) is 0 Å². The molecule has 4 heteroatoms. The number of hydrogen-bond acceptors (Lipinski definition) is 4. The fourth-order valence-electron chi connectivity index (χ4n) is 2.80. The van der Waals surface area contributed by atoms with Crippen molar-refractivity contribution < 1.29 is 14.3 Å². The van der Waals surface area contributed by atoms with Gasteiger partial charge in [0.15, 0.2) is 5.78 Å². The summed E-state index contributed by atoms with van der Waals surface area (Å²) >= 11 is 0. The van der Waals surface area contributed by atoms with Gasteiger partial charge in [-0.15, -0.1) is 0 Å². The first kappa shape index (κ1) is 17.2. The van der Waals surface area contributed by atoms with Crippen LogP contribution in [0, 0.1) is 0 Å². The van der Waals surface area contributed by atoms with Crippen molar-refractivity contribution in [3.63, 3.8) is 0 Å². The Bertz CT molecular complexity index is 731. The van der Waals surface area contributed by atoms with E-state index in [2.05, 4.69) is 4.90 Å². The number of ether oxygens (including phenoxy) is 2. The van der Waals surface area contributed by atoms with Crippen LogP contribution in [0.1, 0.15) is 22.8 Å². The van der Waals surface area contributed by atoms with Gasteiger partial charge in [0.05, 0.1) is 19.8 Å². The Kier molecular flexibility index (Phi) is 5.86. The first-order valence-corrected chi connectivity index (χ1v) is 8.64. The molecule has 0 amide bonds. The summed E-state index contributed by atoms with van der Waals surface area (Å²) in [6, 6.07) is 15.5. The van der Waals surface area contributed by atoms with Gasteiger partial charge in [0, 0.05) is 24.3 Å². The van der Waals surface area contributed by atoms with Gasteiger partial charge in [-0.05, 0) is 55.0 Å². The van der Waals surface area contributed by atoms with Gasteiger partial charge in [0.25, 0.3) is 0 Å². The van der Waals surface area contributed by atoms with E-state index in [-0.39, 0.29) is 5.78 Å². The molecule has 1 saturated heterocycles. The third-order valence-corrected chi connectivity index (χ3v) is 4.12. The highest BCUT2D eigenvalue weighted by molar-refractivity contribution is 6.07. The molecule has 0 saturated carbocycles. The molecule has 1 heterocycles. The Labute approximate surface area is 148 Å². The monoisotopic (exact) mass is 337 g/mol. The summed E-state index contributed by atoms with van der Waals surface area (Å²) in [5.74, 6) is 0.808. The van der Waals surface area contributed by atoms with Crippen molar-refractivity contribution in [2.75, 3.05) is 37.8 Å². The quantitative estimate of drug-likeness (QED) is 0.593. The summed E-state index contributed by atoms with van der Waals surface area (Å²) in [6.07, 6.45) is 3.43. The van der Waals surface area contributed by atoms with E-state index >= 15 is 0 Å². The number of nitrogens with zero attached hydrogens (tertiary/aromatic N) is 1. The van der Waals surface area contributed by atoms with Crippen molar-refractivity contribution in [3.05, 3.63) is 65.7 Å². The van der Waals surface area contributed by atoms with E-state index in [1.807, 2.05) is 61.5 Å². The second-order valence-electron chi connectivity index (χ2n) is 5.85. The molecule has 1 aliphatic rings. The van der Waals surface area contributed by atoms with Crippen LogP contribution in [0.15, 0.2) is 54.6 Å². The zero-order valence-electron chi connectivity index (χ0n) is 14.5. The zero-order valence-corrected chi connectivity index (χ0v) is 14.5. The predicted molar refractivity (Wildman–Crippen MR) is 100 cm³/mol. The van der Waals surface area contributed by atoms with Crippen molar-refractivity contribution >= 4 is 17.5 Å². The van der Waals surface area contributed by atoms with Crippen LogP contribution in [0.25, 0.3) is 6.08 Å². The van der Waals surface area contributed by atoms with E-state index in [1.165, 1.54) is 0 Å². The van der Waals surface area contributed by atoms with Gasteiger partial charge >= 0.3 is 0 Å². The summed E-state index contributed by atoms with van der Waals surface area (Å²) in [7, 11) is 0. The molecule has 0 unspecified atom stereocenters. The number of anilines is 1. The van der Waals surface area contributed by atoms with E-state index in [4.69, 9.17) is 9.47 Å². The molecule has 2 aromatic carbocycles. The summed E-state index contributed by atoms with van der Waals surface area (Å²) in [6.45, 7) is 5.87. The average Bonchev–Trinajstić information content (AvgIpc) is 2.67. The summed E-state index contributed by atoms with van der Waals surface area (Å²) in [4.78, 5) is 14.6. The van der Waals surface area contributed by atoms with Crippen LogP contribution in [0.2, 0.25) is 0 Å². The Morgan fingerprint density at radius 3 is 2.64 bits per heavy atom. The van der Waals surface area contributed by atoms with E-state index in [0.29, 0.717) is 12.2 Å². The van der Waals surface area contributed by atoms with Crippen LogP contribution >= 0.6 is 0 Å². The Morgan fingerprint density at radius 1 is 1.16 bits per heavy atom. The van der Waals surface area contributed by atoms with E-state index in [1.54, 1.807) is 6.08 Å². The lowest BCUT2D eigenvalue weighted by atomic mass is 10.1. The third kappa shape index (κ3) is 4.70. The molecule has 1 fully saturated rings. The van der Waals surface area contributed by atoms with Crippen molar-refractivity contribution in [3.8, 4) is 5.75 Å². The van der Waals surface area contributed by atoms with E-state index < -0.39 is 0 Å². The van der Waals surface area contributed by atoms with Crippen molar-refractivity contribution in [1.82, 2.24) is 0 Å². The highest BCUT2D eigenvalue weighted by atomic mass is 16.5. The number of allylic oxidation sites excluding steroid dienone is 1. The smallest absolute Gasteiger partial charge is 0.185 e. The van der Waals surface area contributed by atoms with Crippen molar-refractivity contribution in [1.29, 1.82) is 0 Å². The second kappa shape index (κ2) is 8.49. The van der Waals surface area contributed by atoms with Gasteiger partial charge in [-0.1, -0.05) is 18.2 Å². The fourth-order valence-corrected chi connectivity index (χ4v) is 2.80. The lowest BCUT2D eigenvalue weighted by Crippen LogP contribution is -2.36. The van der Waals surface area contributed by atoms with Crippen LogP contribution in [-0.2, 0) is 4.74 Å². The van der Waals surface area contributed by atoms with Gasteiger partial charge in [-0.25, -0.2) is 0 Å². The van der Waals surface area contributed by atoms with Crippen molar-refractivity contribution in [2.45, 2.75) is 6.92 Å². The van der Waals surface area contributed by atoms with Crippen LogP contribution < -0.4 is 9.64 Å². The number of morpholine rings is 1. The lowest BCUT2D eigenvalue weighted by molar-refractivity contribution is 0.104. The Morgan fingerprint density at radius 2 is 1.92 bits per heavy atom. The largest absolute Gasteiger partial charge is 0.494 e. The highest BCUT2D eigenvalue weighted by Crippen LogP contribution is 2.18. The molecule has 2 aromatic rings. The highest BCUT2D eigenvalue weighted by Gasteiger charge is 2.11. The maximum absolute atomic E-state index is 12.4. The molecular formula is C21H23NO3. The molecular weight excluding hydrogens is 314 g/mol. The summed E-state index contributed by atoms with van der Waals surface area (Å²) in [5.41, 5.74) is 2.77. The zero-order chi connectivity index (χ0) is 17.5. The molecule has 0 atom stereocenters. The molecule has 130 valence electrons. The number of rotatable bonds is 6. The molecule has 4 nitrogen and oxygen atoms in total. The summed E-state index contributed by atoms with van der Waals surface area (Å²) in [5, 5.41) is 0. The topological polar surface area (TPSA) is 38.8 Å². The Balaban J connectivity index is 1.65. The first-order valence-electron chi connectivity index (χ1n) is 8.64. The SMILES string of the molecule is CCOc1cccc(/C=C/C(=O)c2ccc(N3CCOCC3)cc2)c1. The van der Waals surface area contributed by atoms with E-state index in [0.717, 1.165) is 43.3 Å². The molecule has 1 aliphatic heterocycles. The van der Waals surface area contributed by atoms with Crippen LogP contribution in [0.5, 0.6) is 5.75 Å². The maximum atomic E-state index is 12.4. The molecule has 0 N–H and O–H groups in total. The molecule has 0 aromatic heterocycles. The minimum Gasteiger partial charge on any atom is -0.494 e. The molecule has 25 heavy (non-hydrogen) atoms. The minimum atomic E-state index is -0.00431. The van der Waals surface area contributed by atoms with Gasteiger partial charge in [-0.3, -0.25) is 4.79 Å². The van der Waals surface area contributed by atoms with Gasteiger partial charge in [-0.2, -0.15) is 0 Å². The van der Waals surface area contributed by atoms with Crippen LogP contribution in [-0.4, -0.2) is 38.7 Å². The minimum absolute atomic E-state index is 0.00431. The standard InChI is InChI=1S/C21H23NO3/c1-2-25-20-5-3-4-17(16-20)6-11-21(23)18-7-9-19(10-8-18)22-12-14-24-15-13-22/h3-11,16H,2,12-15H2,1H3/b11-6+. The number of hydrogen-bond donors (Lipinski definition) is 0. The first-order chi connectivity index (χ1) is 12.3. The predicted octanol–water partition coefficient (Wildman–Crippen LogP) is 3.82.